The van der Waals surface area contributed by atoms with Gasteiger partial charge in [-0.05, 0) is 14.0 Å². The van der Waals surface area contributed by atoms with Crippen molar-refractivity contribution in [2.75, 3.05) is 26.0 Å². The van der Waals surface area contributed by atoms with Gasteiger partial charge in [-0.2, -0.15) is 0 Å². The molecule has 0 saturated heterocycles. The van der Waals surface area contributed by atoms with Gasteiger partial charge in [-0.1, -0.05) is 0 Å². The molecule has 0 aromatic carbocycles. The number of aromatic nitrogens is 3. The highest BCUT2D eigenvalue weighted by Crippen LogP contribution is 2.09. The topological polar surface area (TPSA) is 46.0 Å². The van der Waals surface area contributed by atoms with Crippen molar-refractivity contribution in [3.8, 4) is 0 Å². The van der Waals surface area contributed by atoms with Crippen LogP contribution in [-0.4, -0.2) is 35.9 Å². The van der Waals surface area contributed by atoms with Crippen LogP contribution in [0.2, 0.25) is 0 Å². The second-order valence-corrected chi connectivity index (χ2v) is 3.09. The van der Waals surface area contributed by atoms with Gasteiger partial charge in [0, 0.05) is 20.6 Å². The third-order valence-corrected chi connectivity index (χ3v) is 1.86. The van der Waals surface area contributed by atoms with Crippen molar-refractivity contribution < 1.29 is 0 Å². The maximum atomic E-state index is 4.11. The minimum absolute atomic E-state index is 0.759. The Bertz CT molecular complexity index is 265. The van der Waals surface area contributed by atoms with Crippen LogP contribution in [0, 0.1) is 0 Å². The fourth-order valence-electron chi connectivity index (χ4n) is 1.27. The number of nitrogens with one attached hydrogen (secondary N) is 1. The number of hydrogen-bond donors (Lipinski definition) is 1. The van der Waals surface area contributed by atoms with Crippen LogP contribution >= 0.6 is 0 Å². The Kier molecular flexibility index (Phi) is 3.25. The fraction of sp³-hybridized carbons (Fsp3) is 0.750. The molecule has 0 aliphatic carbocycles. The minimum atomic E-state index is 0.759. The van der Waals surface area contributed by atoms with Gasteiger partial charge in [0.2, 0.25) is 5.95 Å². The van der Waals surface area contributed by atoms with Crippen LogP contribution < -0.4 is 10.2 Å². The van der Waals surface area contributed by atoms with Crippen LogP contribution in [0.1, 0.15) is 12.7 Å². The number of hydrogen-bond acceptors (Lipinski definition) is 4. The molecule has 0 bridgehead atoms. The molecule has 5 nitrogen and oxygen atoms in total. The summed E-state index contributed by atoms with van der Waals surface area (Å²) >= 11 is 0. The standard InChI is InChI=1S/C8H17N5/c1-5-13-7(6-9-2)10-11-8(13)12(3)4/h9H,5-6H2,1-4H3. The lowest BCUT2D eigenvalue weighted by atomic mass is 10.5. The first-order valence-corrected chi connectivity index (χ1v) is 4.44. The molecule has 0 saturated carbocycles. The lowest BCUT2D eigenvalue weighted by Gasteiger charge is -2.12. The molecular weight excluding hydrogens is 166 g/mol. The van der Waals surface area contributed by atoms with Gasteiger partial charge in [-0.25, -0.2) is 0 Å². The van der Waals surface area contributed by atoms with Gasteiger partial charge in [0.25, 0.3) is 0 Å². The van der Waals surface area contributed by atoms with Crippen molar-refractivity contribution in [3.05, 3.63) is 5.82 Å². The van der Waals surface area contributed by atoms with Crippen molar-refractivity contribution in [1.82, 2.24) is 20.1 Å². The van der Waals surface area contributed by atoms with E-state index >= 15 is 0 Å². The molecule has 13 heavy (non-hydrogen) atoms. The van der Waals surface area contributed by atoms with Gasteiger partial charge in [0.1, 0.15) is 5.82 Å². The Morgan fingerprint density at radius 1 is 1.38 bits per heavy atom. The van der Waals surface area contributed by atoms with E-state index in [0.29, 0.717) is 0 Å². The van der Waals surface area contributed by atoms with E-state index in [1.165, 1.54) is 0 Å². The van der Waals surface area contributed by atoms with E-state index in [9.17, 15) is 0 Å². The van der Waals surface area contributed by atoms with Crippen LogP contribution in [0.4, 0.5) is 5.95 Å². The Hall–Kier alpha value is -1.10. The zero-order valence-electron chi connectivity index (χ0n) is 8.70. The maximum absolute atomic E-state index is 4.11. The molecule has 0 radical (unpaired) electrons. The highest BCUT2D eigenvalue weighted by atomic mass is 15.4. The number of nitrogens with zero attached hydrogens (tertiary/aromatic N) is 4. The molecule has 0 atom stereocenters. The van der Waals surface area contributed by atoms with E-state index in [2.05, 4.69) is 27.0 Å². The van der Waals surface area contributed by atoms with Gasteiger partial charge in [-0.3, -0.25) is 4.57 Å². The van der Waals surface area contributed by atoms with Crippen LogP contribution in [0.25, 0.3) is 0 Å². The van der Waals surface area contributed by atoms with E-state index in [0.717, 1.165) is 24.9 Å². The van der Waals surface area contributed by atoms with Gasteiger partial charge in [0.15, 0.2) is 0 Å². The normalized spacial score (nSPS) is 10.5. The van der Waals surface area contributed by atoms with E-state index in [1.807, 2.05) is 26.0 Å². The number of rotatable bonds is 4. The zero-order valence-corrected chi connectivity index (χ0v) is 8.70. The highest BCUT2D eigenvalue weighted by Gasteiger charge is 2.10. The van der Waals surface area contributed by atoms with E-state index in [-0.39, 0.29) is 0 Å². The average molecular weight is 183 g/mol. The van der Waals surface area contributed by atoms with Crippen LogP contribution in [-0.2, 0) is 13.1 Å². The van der Waals surface area contributed by atoms with Crippen LogP contribution in [0.3, 0.4) is 0 Å². The maximum Gasteiger partial charge on any atom is 0.226 e. The van der Waals surface area contributed by atoms with Crippen molar-refractivity contribution in [1.29, 1.82) is 0 Å². The van der Waals surface area contributed by atoms with Gasteiger partial charge in [-0.15, -0.1) is 10.2 Å². The fourth-order valence-corrected chi connectivity index (χ4v) is 1.27. The molecular formula is C8H17N5. The third kappa shape index (κ3) is 1.98. The predicted molar refractivity (Wildman–Crippen MR) is 52.8 cm³/mol. The summed E-state index contributed by atoms with van der Waals surface area (Å²) in [7, 11) is 5.85. The van der Waals surface area contributed by atoms with E-state index in [1.54, 1.807) is 0 Å². The zero-order chi connectivity index (χ0) is 9.84. The molecule has 0 aliphatic rings. The third-order valence-electron chi connectivity index (χ3n) is 1.86. The molecule has 0 spiro atoms. The molecule has 1 aromatic rings. The quantitative estimate of drug-likeness (QED) is 0.718. The first-order valence-electron chi connectivity index (χ1n) is 4.44. The summed E-state index contributed by atoms with van der Waals surface area (Å²) in [4.78, 5) is 1.97. The Morgan fingerprint density at radius 2 is 2.08 bits per heavy atom. The van der Waals surface area contributed by atoms with Crippen molar-refractivity contribution in [2.24, 2.45) is 0 Å². The van der Waals surface area contributed by atoms with Crippen molar-refractivity contribution in [3.63, 3.8) is 0 Å². The molecule has 0 amide bonds. The molecule has 1 N–H and O–H groups in total. The van der Waals surface area contributed by atoms with E-state index < -0.39 is 0 Å². The average Bonchev–Trinajstić information content (AvgIpc) is 2.48. The summed E-state index contributed by atoms with van der Waals surface area (Å²) in [6.07, 6.45) is 0. The summed E-state index contributed by atoms with van der Waals surface area (Å²) in [5, 5.41) is 11.3. The summed E-state index contributed by atoms with van der Waals surface area (Å²) < 4.78 is 2.09. The molecule has 74 valence electrons. The SMILES string of the molecule is CCn1c(CNC)nnc1N(C)C. The van der Waals surface area contributed by atoms with Gasteiger partial charge in [0.05, 0.1) is 6.54 Å². The molecule has 1 aromatic heterocycles. The minimum Gasteiger partial charge on any atom is -0.347 e. The summed E-state index contributed by atoms with van der Waals surface area (Å²) in [5.41, 5.74) is 0. The molecule has 0 unspecified atom stereocenters. The lowest BCUT2D eigenvalue weighted by Crippen LogP contribution is -2.17. The summed E-state index contributed by atoms with van der Waals surface area (Å²) in [6.45, 7) is 3.75. The monoisotopic (exact) mass is 183 g/mol. The molecule has 0 fully saturated rings. The summed E-state index contributed by atoms with van der Waals surface area (Å²) in [5.74, 6) is 1.89. The Morgan fingerprint density at radius 3 is 2.54 bits per heavy atom. The number of anilines is 1. The lowest BCUT2D eigenvalue weighted by molar-refractivity contribution is 0.654. The first kappa shape index (κ1) is 9.98. The molecule has 1 heterocycles. The highest BCUT2D eigenvalue weighted by molar-refractivity contribution is 5.27. The van der Waals surface area contributed by atoms with Gasteiger partial charge < -0.3 is 10.2 Å². The predicted octanol–water partition coefficient (Wildman–Crippen LogP) is 0.0834. The van der Waals surface area contributed by atoms with Crippen molar-refractivity contribution in [2.45, 2.75) is 20.0 Å². The second kappa shape index (κ2) is 4.23. The largest absolute Gasteiger partial charge is 0.347 e. The molecule has 0 aliphatic heterocycles. The molecule has 1 rings (SSSR count). The smallest absolute Gasteiger partial charge is 0.226 e. The van der Waals surface area contributed by atoms with E-state index in [4.69, 9.17) is 0 Å². The van der Waals surface area contributed by atoms with Crippen LogP contribution in [0.15, 0.2) is 0 Å². The first-order chi connectivity index (χ1) is 6.20. The molecule has 5 heteroatoms. The van der Waals surface area contributed by atoms with Gasteiger partial charge >= 0.3 is 0 Å². The Labute approximate surface area is 78.8 Å². The van der Waals surface area contributed by atoms with Crippen LogP contribution in [0.5, 0.6) is 0 Å². The Balaban J connectivity index is 2.96. The van der Waals surface area contributed by atoms with Crippen molar-refractivity contribution >= 4 is 5.95 Å². The summed E-state index contributed by atoms with van der Waals surface area (Å²) in [6, 6.07) is 0. The second-order valence-electron chi connectivity index (χ2n) is 3.09.